The van der Waals surface area contributed by atoms with Gasteiger partial charge in [0, 0.05) is 49.0 Å². The fraction of sp³-hybridized carbons (Fsp3) is 0.250. The Labute approximate surface area is 195 Å². The summed E-state index contributed by atoms with van der Waals surface area (Å²) in [5.41, 5.74) is 10.7. The highest BCUT2D eigenvalue weighted by atomic mass is 16.5. The summed E-state index contributed by atoms with van der Waals surface area (Å²) in [5, 5.41) is 8.05. The number of nitrogens with two attached hydrogens (primary N) is 1. The third-order valence-electron chi connectivity index (χ3n) is 5.96. The van der Waals surface area contributed by atoms with Crippen molar-refractivity contribution in [3.8, 4) is 5.75 Å². The minimum atomic E-state index is -1.67. The van der Waals surface area contributed by atoms with Gasteiger partial charge in [-0.15, -0.1) is 0 Å². The number of aromatic nitrogens is 2. The number of aliphatic imine (C=N–C) groups is 2. The Bertz CT molecular complexity index is 1440. The maximum Gasteiger partial charge on any atom is 0.302 e. The van der Waals surface area contributed by atoms with Crippen LogP contribution in [-0.4, -0.2) is 46.4 Å². The molecule has 0 spiro atoms. The molecule has 1 atom stereocenters. The second-order valence-electron chi connectivity index (χ2n) is 8.29. The second kappa shape index (κ2) is 7.51. The molecule has 0 saturated carbocycles. The molecule has 10 heteroatoms. The van der Waals surface area contributed by atoms with E-state index in [-0.39, 0.29) is 12.3 Å². The van der Waals surface area contributed by atoms with E-state index in [4.69, 9.17) is 15.2 Å². The molecule has 3 aromatic rings. The predicted octanol–water partition coefficient (Wildman–Crippen LogP) is 1.90. The predicted molar refractivity (Wildman–Crippen MR) is 128 cm³/mol. The first-order valence-electron chi connectivity index (χ1n) is 11.1. The van der Waals surface area contributed by atoms with E-state index in [1.54, 1.807) is 11.6 Å². The summed E-state index contributed by atoms with van der Waals surface area (Å²) >= 11 is 0. The summed E-state index contributed by atoms with van der Waals surface area (Å²) < 4.78 is 13.1. The highest BCUT2D eigenvalue weighted by Crippen LogP contribution is 2.37. The van der Waals surface area contributed by atoms with E-state index in [2.05, 4.69) is 20.4 Å². The number of aryl methyl sites for hydroxylation is 1. The Kier molecular flexibility index (Phi) is 4.54. The monoisotopic (exact) mass is 457 g/mol. The molecule has 6 rings (SSSR count). The molecule has 4 heterocycles. The molecule has 0 fully saturated rings. The van der Waals surface area contributed by atoms with Crippen molar-refractivity contribution in [1.82, 2.24) is 15.1 Å². The Hall–Kier alpha value is -4.02. The average Bonchev–Trinajstić information content (AvgIpc) is 3.43. The third kappa shape index (κ3) is 3.27. The number of nitrogens with zero attached hydrogens (tertiary/aromatic N) is 5. The van der Waals surface area contributed by atoms with Crippen LogP contribution >= 0.6 is 0 Å². The van der Waals surface area contributed by atoms with Gasteiger partial charge in [-0.05, 0) is 31.2 Å². The van der Waals surface area contributed by atoms with Crippen LogP contribution in [0, 0.1) is 0 Å². The molecule has 34 heavy (non-hydrogen) atoms. The van der Waals surface area contributed by atoms with Crippen molar-refractivity contribution < 1.29 is 14.3 Å². The fourth-order valence-corrected chi connectivity index (χ4v) is 4.51. The van der Waals surface area contributed by atoms with Gasteiger partial charge in [-0.25, -0.2) is 4.99 Å². The molecule has 0 aliphatic carbocycles. The number of carbonyl (C=O) groups excluding carboxylic acids is 1. The molecule has 3 N–H and O–H groups in total. The van der Waals surface area contributed by atoms with E-state index < -0.39 is 11.9 Å². The standard InChI is InChI=1S/C24H23N7O3/c1-3-34-24(25)27-22-21(23(32)28-24)26-18(14-7-8-17-15(11-14)12-30(2)29-17)13-31(22)19-5-4-6-20-16(19)9-10-33-20/h4-8,11-13H,3,9-10,25H2,1-2H3,(H,28,32). The number of hydrogen-bond acceptors (Lipinski definition) is 8. The van der Waals surface area contributed by atoms with Crippen molar-refractivity contribution in [3.63, 3.8) is 0 Å². The number of fused-ring (bicyclic) bond motifs is 3. The minimum Gasteiger partial charge on any atom is -0.493 e. The summed E-state index contributed by atoms with van der Waals surface area (Å²) in [6.45, 7) is 2.67. The van der Waals surface area contributed by atoms with Gasteiger partial charge in [0.1, 0.15) is 5.75 Å². The quantitative estimate of drug-likeness (QED) is 0.578. The lowest BCUT2D eigenvalue weighted by atomic mass is 10.0. The van der Waals surface area contributed by atoms with E-state index in [9.17, 15) is 4.79 Å². The van der Waals surface area contributed by atoms with Gasteiger partial charge in [0.2, 0.25) is 0 Å². The smallest absolute Gasteiger partial charge is 0.302 e. The molecular weight excluding hydrogens is 434 g/mol. The first kappa shape index (κ1) is 20.6. The number of nitrogens with one attached hydrogen (secondary N) is 1. The van der Waals surface area contributed by atoms with Gasteiger partial charge in [-0.2, -0.15) is 10.1 Å². The van der Waals surface area contributed by atoms with Gasteiger partial charge in [-0.1, -0.05) is 12.1 Å². The van der Waals surface area contributed by atoms with Crippen LogP contribution in [0.4, 0.5) is 5.69 Å². The summed E-state index contributed by atoms with van der Waals surface area (Å²) in [5.74, 6) is -0.987. The van der Waals surface area contributed by atoms with E-state index in [0.717, 1.165) is 39.9 Å². The number of amides is 1. The van der Waals surface area contributed by atoms with Gasteiger partial charge >= 0.3 is 5.97 Å². The zero-order chi connectivity index (χ0) is 23.4. The van der Waals surface area contributed by atoms with E-state index >= 15 is 0 Å². The Morgan fingerprint density at radius 3 is 3.03 bits per heavy atom. The first-order chi connectivity index (χ1) is 16.4. The van der Waals surface area contributed by atoms with Gasteiger partial charge in [0.15, 0.2) is 11.5 Å². The SMILES string of the molecule is CCOC1(N)N=C2C(=NC(c3ccc4nn(C)cc4c3)=CN2c2cccc3c2CCO3)C(=O)N1. The molecule has 1 amide bonds. The number of rotatable bonds is 4. The largest absolute Gasteiger partial charge is 0.493 e. The zero-order valence-corrected chi connectivity index (χ0v) is 18.8. The van der Waals surface area contributed by atoms with Crippen LogP contribution in [0.1, 0.15) is 18.1 Å². The normalized spacial score (nSPS) is 21.3. The maximum atomic E-state index is 13.1. The van der Waals surface area contributed by atoms with Crippen molar-refractivity contribution in [3.05, 3.63) is 59.9 Å². The van der Waals surface area contributed by atoms with Crippen molar-refractivity contribution in [2.45, 2.75) is 19.3 Å². The van der Waals surface area contributed by atoms with Crippen LogP contribution in [0.5, 0.6) is 5.75 Å². The zero-order valence-electron chi connectivity index (χ0n) is 18.8. The van der Waals surface area contributed by atoms with Crippen molar-refractivity contribution in [2.75, 3.05) is 18.1 Å². The number of amidine groups is 1. The third-order valence-corrected chi connectivity index (χ3v) is 5.96. The van der Waals surface area contributed by atoms with Crippen molar-refractivity contribution in [1.29, 1.82) is 0 Å². The lowest BCUT2D eigenvalue weighted by Gasteiger charge is -2.36. The van der Waals surface area contributed by atoms with Crippen molar-refractivity contribution in [2.24, 2.45) is 22.8 Å². The van der Waals surface area contributed by atoms with Crippen LogP contribution in [0.2, 0.25) is 0 Å². The molecule has 2 aromatic carbocycles. The Balaban J connectivity index is 1.54. The lowest BCUT2D eigenvalue weighted by molar-refractivity contribution is -0.126. The summed E-state index contributed by atoms with van der Waals surface area (Å²) in [7, 11) is 1.88. The maximum absolute atomic E-state index is 13.1. The molecule has 10 nitrogen and oxygen atoms in total. The number of anilines is 1. The summed E-state index contributed by atoms with van der Waals surface area (Å²) in [6, 6.07) is 11.7. The molecule has 1 aromatic heterocycles. The van der Waals surface area contributed by atoms with E-state index in [0.29, 0.717) is 18.1 Å². The van der Waals surface area contributed by atoms with Crippen LogP contribution < -0.4 is 20.7 Å². The Morgan fingerprint density at radius 2 is 2.18 bits per heavy atom. The van der Waals surface area contributed by atoms with Crippen LogP contribution in [0.15, 0.2) is 58.8 Å². The topological polar surface area (TPSA) is 119 Å². The molecule has 3 aliphatic rings. The van der Waals surface area contributed by atoms with Gasteiger partial charge < -0.3 is 9.47 Å². The van der Waals surface area contributed by atoms with E-state index in [1.807, 2.05) is 60.7 Å². The van der Waals surface area contributed by atoms with Crippen LogP contribution in [0.25, 0.3) is 16.6 Å². The molecule has 1 unspecified atom stereocenters. The van der Waals surface area contributed by atoms with Gasteiger partial charge in [0.05, 0.1) is 23.5 Å². The second-order valence-corrected chi connectivity index (χ2v) is 8.29. The number of benzene rings is 2. The van der Waals surface area contributed by atoms with Gasteiger partial charge in [-0.3, -0.25) is 25.4 Å². The molecule has 172 valence electrons. The van der Waals surface area contributed by atoms with Crippen molar-refractivity contribution >= 4 is 39.7 Å². The molecular formula is C24H23N7O3. The summed E-state index contributed by atoms with van der Waals surface area (Å²) in [6.07, 6.45) is 4.57. The number of carbonyl (C=O) groups is 1. The highest BCUT2D eigenvalue weighted by Gasteiger charge is 2.41. The van der Waals surface area contributed by atoms with Crippen LogP contribution in [0.3, 0.4) is 0 Å². The molecule has 3 aliphatic heterocycles. The molecule has 0 bridgehead atoms. The van der Waals surface area contributed by atoms with E-state index in [1.165, 1.54) is 0 Å². The summed E-state index contributed by atoms with van der Waals surface area (Å²) in [4.78, 5) is 24.3. The fourth-order valence-electron chi connectivity index (χ4n) is 4.51. The van der Waals surface area contributed by atoms with Crippen LogP contribution in [-0.2, 0) is 23.0 Å². The number of hydrogen-bond donors (Lipinski definition) is 2. The van der Waals surface area contributed by atoms with Gasteiger partial charge in [0.25, 0.3) is 5.91 Å². The molecule has 0 radical (unpaired) electrons. The Morgan fingerprint density at radius 1 is 1.29 bits per heavy atom. The molecule has 0 saturated heterocycles. The number of ether oxygens (including phenoxy) is 2. The minimum absolute atomic E-state index is 0.168. The first-order valence-corrected chi connectivity index (χ1v) is 11.1. The lowest BCUT2D eigenvalue weighted by Crippen LogP contribution is -2.64. The average molecular weight is 457 g/mol. The highest BCUT2D eigenvalue weighted by molar-refractivity contribution is 6.70.